The highest BCUT2D eigenvalue weighted by atomic mass is 16.3. The fourth-order valence-corrected chi connectivity index (χ4v) is 1.65. The van der Waals surface area contributed by atoms with Crippen molar-refractivity contribution in [2.24, 2.45) is 0 Å². The molecule has 94 valence electrons. The maximum Gasteiger partial charge on any atom is 0.254 e. The van der Waals surface area contributed by atoms with Gasteiger partial charge in [-0.2, -0.15) is 0 Å². The van der Waals surface area contributed by atoms with Gasteiger partial charge in [0, 0.05) is 6.20 Å². The number of hydrogen-bond donors (Lipinski definition) is 2. The lowest BCUT2D eigenvalue weighted by molar-refractivity contribution is 0.0936. The van der Waals surface area contributed by atoms with Gasteiger partial charge in [-0.05, 0) is 32.0 Å². The van der Waals surface area contributed by atoms with E-state index in [4.69, 9.17) is 10.2 Å². The van der Waals surface area contributed by atoms with Gasteiger partial charge < -0.3 is 15.5 Å². The van der Waals surface area contributed by atoms with Gasteiger partial charge in [0.25, 0.3) is 5.91 Å². The summed E-state index contributed by atoms with van der Waals surface area (Å²) in [6.07, 6.45) is 2.99. The van der Waals surface area contributed by atoms with E-state index >= 15 is 0 Å². The van der Waals surface area contributed by atoms with E-state index in [0.29, 0.717) is 17.0 Å². The highest BCUT2D eigenvalue weighted by Crippen LogP contribution is 2.17. The van der Waals surface area contributed by atoms with Gasteiger partial charge in [0.15, 0.2) is 0 Å². The van der Waals surface area contributed by atoms with Crippen LogP contribution in [0.4, 0.5) is 5.69 Å². The lowest BCUT2D eigenvalue weighted by Crippen LogP contribution is -2.27. The molecular formula is C13H15N3O2. The van der Waals surface area contributed by atoms with Gasteiger partial charge in [-0.25, -0.2) is 0 Å². The third-order valence-corrected chi connectivity index (χ3v) is 2.63. The molecular weight excluding hydrogens is 230 g/mol. The second kappa shape index (κ2) is 4.91. The molecule has 1 unspecified atom stereocenters. The Morgan fingerprint density at radius 1 is 1.44 bits per heavy atom. The normalized spacial score (nSPS) is 12.1. The summed E-state index contributed by atoms with van der Waals surface area (Å²) in [5, 5.41) is 2.83. The number of anilines is 1. The number of aryl methyl sites for hydroxylation is 1. The van der Waals surface area contributed by atoms with Gasteiger partial charge in [0.2, 0.25) is 0 Å². The van der Waals surface area contributed by atoms with Crippen LogP contribution in [0.1, 0.15) is 34.8 Å². The molecule has 0 aliphatic heterocycles. The molecule has 1 amide bonds. The standard InChI is InChI=1S/C13H15N3O2/c1-8-3-4-12(18-8)9(2)16-13(17)10-5-6-15-7-11(10)14/h3-7,9H,14H2,1-2H3,(H,16,17). The lowest BCUT2D eigenvalue weighted by atomic mass is 10.2. The Morgan fingerprint density at radius 3 is 2.83 bits per heavy atom. The molecule has 18 heavy (non-hydrogen) atoms. The quantitative estimate of drug-likeness (QED) is 0.867. The molecule has 0 bridgehead atoms. The molecule has 0 saturated heterocycles. The zero-order chi connectivity index (χ0) is 13.1. The van der Waals surface area contributed by atoms with Crippen LogP contribution in [0.3, 0.4) is 0 Å². The van der Waals surface area contributed by atoms with E-state index in [1.165, 1.54) is 12.4 Å². The summed E-state index contributed by atoms with van der Waals surface area (Å²) in [5.74, 6) is 1.29. The number of pyridine rings is 1. The first-order valence-corrected chi connectivity index (χ1v) is 5.64. The number of furan rings is 1. The topological polar surface area (TPSA) is 81.2 Å². The molecule has 0 aliphatic rings. The molecule has 0 spiro atoms. The predicted molar refractivity (Wildman–Crippen MR) is 68.0 cm³/mol. The largest absolute Gasteiger partial charge is 0.464 e. The van der Waals surface area contributed by atoms with Crippen LogP contribution < -0.4 is 11.1 Å². The molecule has 0 aliphatic carbocycles. The van der Waals surface area contributed by atoms with Gasteiger partial charge in [0.1, 0.15) is 11.5 Å². The maximum absolute atomic E-state index is 12.0. The number of rotatable bonds is 3. The van der Waals surface area contributed by atoms with E-state index in [1.807, 2.05) is 26.0 Å². The first-order valence-electron chi connectivity index (χ1n) is 5.64. The number of nitrogens with one attached hydrogen (secondary N) is 1. The van der Waals surface area contributed by atoms with Crippen LogP contribution in [0.25, 0.3) is 0 Å². The Labute approximate surface area is 105 Å². The van der Waals surface area contributed by atoms with E-state index in [2.05, 4.69) is 10.3 Å². The molecule has 3 N–H and O–H groups in total. The van der Waals surface area contributed by atoms with Crippen LogP contribution >= 0.6 is 0 Å². The van der Waals surface area contributed by atoms with Gasteiger partial charge in [-0.1, -0.05) is 0 Å². The first kappa shape index (κ1) is 12.2. The molecule has 2 aromatic rings. The molecule has 0 fully saturated rings. The number of amides is 1. The summed E-state index contributed by atoms with van der Waals surface area (Å²) in [7, 11) is 0. The van der Waals surface area contributed by atoms with Crippen LogP contribution in [0.5, 0.6) is 0 Å². The predicted octanol–water partition coefficient (Wildman–Crippen LogP) is 2.06. The van der Waals surface area contributed by atoms with Crippen LogP contribution in [-0.4, -0.2) is 10.9 Å². The Balaban J connectivity index is 2.10. The van der Waals surface area contributed by atoms with Crippen molar-refractivity contribution >= 4 is 11.6 Å². The maximum atomic E-state index is 12.0. The van der Waals surface area contributed by atoms with Crippen molar-refractivity contribution < 1.29 is 9.21 Å². The monoisotopic (exact) mass is 245 g/mol. The fraction of sp³-hybridized carbons (Fsp3) is 0.231. The molecule has 0 saturated carbocycles. The van der Waals surface area contributed by atoms with Gasteiger partial charge in [0.05, 0.1) is 23.5 Å². The average molecular weight is 245 g/mol. The number of carbonyl (C=O) groups excluding carboxylic acids is 1. The Bertz CT molecular complexity index is 563. The van der Waals surface area contributed by atoms with Crippen molar-refractivity contribution in [2.75, 3.05) is 5.73 Å². The molecule has 0 radical (unpaired) electrons. The van der Waals surface area contributed by atoms with Gasteiger partial charge in [-0.3, -0.25) is 9.78 Å². The van der Waals surface area contributed by atoms with Crippen molar-refractivity contribution in [1.29, 1.82) is 0 Å². The number of carbonyl (C=O) groups is 1. The van der Waals surface area contributed by atoms with Crippen LogP contribution in [0.2, 0.25) is 0 Å². The van der Waals surface area contributed by atoms with E-state index in [-0.39, 0.29) is 11.9 Å². The Kier molecular flexibility index (Phi) is 3.32. The SMILES string of the molecule is Cc1ccc(C(C)NC(=O)c2ccncc2N)o1. The minimum Gasteiger partial charge on any atom is -0.464 e. The smallest absolute Gasteiger partial charge is 0.254 e. The Hall–Kier alpha value is -2.30. The highest BCUT2D eigenvalue weighted by molar-refractivity contribution is 5.98. The molecule has 2 rings (SSSR count). The molecule has 2 heterocycles. The zero-order valence-corrected chi connectivity index (χ0v) is 10.3. The summed E-state index contributed by atoms with van der Waals surface area (Å²) < 4.78 is 5.45. The van der Waals surface area contributed by atoms with E-state index in [1.54, 1.807) is 6.07 Å². The first-order chi connectivity index (χ1) is 8.58. The second-order valence-corrected chi connectivity index (χ2v) is 4.11. The average Bonchev–Trinajstić information content (AvgIpc) is 2.76. The highest BCUT2D eigenvalue weighted by Gasteiger charge is 2.15. The van der Waals surface area contributed by atoms with E-state index in [0.717, 1.165) is 5.76 Å². The molecule has 5 heteroatoms. The second-order valence-electron chi connectivity index (χ2n) is 4.11. The summed E-state index contributed by atoms with van der Waals surface area (Å²) in [4.78, 5) is 15.8. The summed E-state index contributed by atoms with van der Waals surface area (Å²) in [6, 6.07) is 5.08. The van der Waals surface area contributed by atoms with Crippen LogP contribution in [0.15, 0.2) is 35.0 Å². The van der Waals surface area contributed by atoms with Crippen molar-refractivity contribution in [3.8, 4) is 0 Å². The fourth-order valence-electron chi connectivity index (χ4n) is 1.65. The summed E-state index contributed by atoms with van der Waals surface area (Å²) in [5.41, 5.74) is 6.47. The Morgan fingerprint density at radius 2 is 2.22 bits per heavy atom. The van der Waals surface area contributed by atoms with E-state index < -0.39 is 0 Å². The third kappa shape index (κ3) is 2.51. The molecule has 5 nitrogen and oxygen atoms in total. The molecule has 0 aromatic carbocycles. The number of hydrogen-bond acceptors (Lipinski definition) is 4. The number of nitrogens with two attached hydrogens (primary N) is 1. The molecule has 1 atom stereocenters. The van der Waals surface area contributed by atoms with Gasteiger partial charge >= 0.3 is 0 Å². The summed E-state index contributed by atoms with van der Waals surface area (Å²) in [6.45, 7) is 3.71. The van der Waals surface area contributed by atoms with Crippen molar-refractivity contribution in [3.63, 3.8) is 0 Å². The lowest BCUT2D eigenvalue weighted by Gasteiger charge is -2.12. The zero-order valence-electron chi connectivity index (χ0n) is 10.3. The van der Waals surface area contributed by atoms with Crippen LogP contribution in [0, 0.1) is 6.92 Å². The van der Waals surface area contributed by atoms with Crippen molar-refractivity contribution in [2.45, 2.75) is 19.9 Å². The number of nitrogens with zero attached hydrogens (tertiary/aromatic N) is 1. The molecule has 2 aromatic heterocycles. The van der Waals surface area contributed by atoms with Crippen molar-refractivity contribution in [1.82, 2.24) is 10.3 Å². The van der Waals surface area contributed by atoms with Crippen LogP contribution in [-0.2, 0) is 0 Å². The minimum atomic E-state index is -0.239. The third-order valence-electron chi connectivity index (χ3n) is 2.63. The summed E-state index contributed by atoms with van der Waals surface area (Å²) >= 11 is 0. The van der Waals surface area contributed by atoms with Gasteiger partial charge in [-0.15, -0.1) is 0 Å². The minimum absolute atomic E-state index is 0.209. The van der Waals surface area contributed by atoms with E-state index in [9.17, 15) is 4.79 Å². The number of aromatic nitrogens is 1. The number of nitrogen functional groups attached to an aromatic ring is 1. The van der Waals surface area contributed by atoms with Crippen molar-refractivity contribution in [3.05, 3.63) is 47.7 Å².